The first-order valence-electron chi connectivity index (χ1n) is 12.5. The Hall–Kier alpha value is -3.56. The smallest absolute Gasteiger partial charge is 0.227 e. The van der Waals surface area contributed by atoms with Gasteiger partial charge in [-0.05, 0) is 57.3 Å². The maximum absolute atomic E-state index is 5.42. The molecule has 3 aromatic heterocycles. The fraction of sp³-hybridized carbons (Fsp3) is 0.407. The van der Waals surface area contributed by atoms with Crippen LogP contribution in [0.2, 0.25) is 0 Å². The van der Waals surface area contributed by atoms with E-state index in [9.17, 15) is 0 Å². The number of nitrogens with one attached hydrogen (secondary N) is 1. The van der Waals surface area contributed by atoms with Gasteiger partial charge in [0.05, 0.1) is 11.2 Å². The number of rotatable bonds is 8. The SMILES string of the molecule is Cc1noc(C)c1-c1ccc2nc(N3CCN(CCN(C)C)CC3)nc(NCc3cccnc3)c2c1. The molecular formula is C27H34N8O. The molecule has 36 heavy (non-hydrogen) atoms. The second kappa shape index (κ2) is 10.6. The summed E-state index contributed by atoms with van der Waals surface area (Å²) in [7, 11) is 4.24. The molecule has 0 amide bonds. The highest BCUT2D eigenvalue weighted by molar-refractivity contribution is 5.94. The molecule has 9 nitrogen and oxygen atoms in total. The Kier molecular flexibility index (Phi) is 7.11. The first-order valence-corrected chi connectivity index (χ1v) is 12.5. The Bertz CT molecular complexity index is 1290. The standard InChI is InChI=1S/C27H34N8O/c1-19-25(20(2)36-32-19)22-7-8-24-23(16-22)26(29-18-21-6-5-9-28-17-21)31-27(30-24)35-14-12-34(13-15-35)11-10-33(3)4/h5-9,16-17H,10-15,18H2,1-4H3,(H,29,30,31). The Labute approximate surface area is 212 Å². The number of anilines is 2. The molecule has 0 unspecified atom stereocenters. The molecule has 5 rings (SSSR count). The zero-order chi connectivity index (χ0) is 25.1. The van der Waals surface area contributed by atoms with Crippen molar-refractivity contribution in [3.63, 3.8) is 0 Å². The number of hydrogen-bond donors (Lipinski definition) is 1. The van der Waals surface area contributed by atoms with Crippen LogP contribution < -0.4 is 10.2 Å². The third kappa shape index (κ3) is 5.32. The van der Waals surface area contributed by atoms with Crippen LogP contribution in [0.5, 0.6) is 0 Å². The van der Waals surface area contributed by atoms with Crippen molar-refractivity contribution >= 4 is 22.7 Å². The van der Waals surface area contributed by atoms with Gasteiger partial charge in [-0.1, -0.05) is 17.3 Å². The van der Waals surface area contributed by atoms with Crippen molar-refractivity contribution in [2.24, 2.45) is 0 Å². The molecule has 0 spiro atoms. The van der Waals surface area contributed by atoms with E-state index in [4.69, 9.17) is 14.5 Å². The quantitative estimate of drug-likeness (QED) is 0.401. The lowest BCUT2D eigenvalue weighted by Gasteiger charge is -2.35. The Morgan fingerprint density at radius 1 is 1.06 bits per heavy atom. The van der Waals surface area contributed by atoms with E-state index in [1.807, 2.05) is 26.1 Å². The predicted molar refractivity (Wildman–Crippen MR) is 143 cm³/mol. The number of aryl methyl sites for hydroxylation is 2. The summed E-state index contributed by atoms with van der Waals surface area (Å²) in [4.78, 5) is 21.3. The van der Waals surface area contributed by atoms with E-state index < -0.39 is 0 Å². The topological polar surface area (TPSA) is 86.5 Å². The molecule has 1 fully saturated rings. The van der Waals surface area contributed by atoms with E-state index in [1.165, 1.54) is 0 Å². The summed E-state index contributed by atoms with van der Waals surface area (Å²) in [6.45, 7) is 10.6. The molecule has 9 heteroatoms. The van der Waals surface area contributed by atoms with E-state index >= 15 is 0 Å². The molecule has 0 bridgehead atoms. The van der Waals surface area contributed by atoms with Gasteiger partial charge in [-0.15, -0.1) is 0 Å². The Balaban J connectivity index is 1.45. The summed E-state index contributed by atoms with van der Waals surface area (Å²) in [6, 6.07) is 10.3. The molecule has 1 aromatic carbocycles. The highest BCUT2D eigenvalue weighted by Crippen LogP contribution is 2.32. The van der Waals surface area contributed by atoms with Gasteiger partial charge in [0.25, 0.3) is 0 Å². The van der Waals surface area contributed by atoms with Crippen molar-refractivity contribution in [3.8, 4) is 11.1 Å². The van der Waals surface area contributed by atoms with Crippen LogP contribution in [0.1, 0.15) is 17.0 Å². The van der Waals surface area contributed by atoms with Gasteiger partial charge in [-0.3, -0.25) is 9.88 Å². The first-order chi connectivity index (χ1) is 17.5. The fourth-order valence-electron chi connectivity index (χ4n) is 4.64. The Morgan fingerprint density at radius 3 is 2.58 bits per heavy atom. The third-order valence-corrected chi connectivity index (χ3v) is 6.71. The largest absolute Gasteiger partial charge is 0.365 e. The summed E-state index contributed by atoms with van der Waals surface area (Å²) >= 11 is 0. The molecule has 4 heterocycles. The summed E-state index contributed by atoms with van der Waals surface area (Å²) in [5.41, 5.74) is 4.96. The molecular weight excluding hydrogens is 452 g/mol. The average Bonchev–Trinajstić information content (AvgIpc) is 3.24. The Morgan fingerprint density at radius 2 is 1.89 bits per heavy atom. The third-order valence-electron chi connectivity index (χ3n) is 6.71. The minimum Gasteiger partial charge on any atom is -0.365 e. The molecule has 0 radical (unpaired) electrons. The van der Waals surface area contributed by atoms with Crippen LogP contribution in [0.4, 0.5) is 11.8 Å². The van der Waals surface area contributed by atoms with Crippen LogP contribution in [0.3, 0.4) is 0 Å². The van der Waals surface area contributed by atoms with Crippen LogP contribution in [-0.2, 0) is 6.54 Å². The maximum Gasteiger partial charge on any atom is 0.227 e. The van der Waals surface area contributed by atoms with Gasteiger partial charge in [0.15, 0.2) is 0 Å². The van der Waals surface area contributed by atoms with Gasteiger partial charge in [0, 0.05) is 69.2 Å². The number of fused-ring (bicyclic) bond motifs is 1. The zero-order valence-corrected chi connectivity index (χ0v) is 21.5. The number of piperazine rings is 1. The first kappa shape index (κ1) is 24.1. The second-order valence-electron chi connectivity index (χ2n) is 9.65. The van der Waals surface area contributed by atoms with E-state index in [2.05, 4.69) is 68.5 Å². The van der Waals surface area contributed by atoms with E-state index in [-0.39, 0.29) is 0 Å². The lowest BCUT2D eigenvalue weighted by Crippen LogP contribution is -2.48. The lowest BCUT2D eigenvalue weighted by molar-refractivity contribution is 0.229. The number of nitrogens with zero attached hydrogens (tertiary/aromatic N) is 7. The zero-order valence-electron chi connectivity index (χ0n) is 21.5. The number of hydrogen-bond acceptors (Lipinski definition) is 9. The predicted octanol–water partition coefficient (Wildman–Crippen LogP) is 3.59. The number of aromatic nitrogens is 4. The monoisotopic (exact) mass is 486 g/mol. The molecule has 4 aromatic rings. The minimum atomic E-state index is 0.632. The van der Waals surface area contributed by atoms with Gasteiger partial charge in [-0.2, -0.15) is 4.98 Å². The maximum atomic E-state index is 5.42. The van der Waals surface area contributed by atoms with Crippen molar-refractivity contribution in [1.82, 2.24) is 29.9 Å². The number of likely N-dealkylation sites (N-methyl/N-ethyl adjacent to an activating group) is 1. The van der Waals surface area contributed by atoms with Crippen LogP contribution in [0, 0.1) is 13.8 Å². The van der Waals surface area contributed by atoms with E-state index in [0.717, 1.165) is 90.1 Å². The van der Waals surface area contributed by atoms with Crippen molar-refractivity contribution in [3.05, 3.63) is 59.7 Å². The number of pyridine rings is 1. The van der Waals surface area contributed by atoms with Crippen LogP contribution in [0.25, 0.3) is 22.0 Å². The minimum absolute atomic E-state index is 0.632. The summed E-state index contributed by atoms with van der Waals surface area (Å²) in [5, 5.41) is 8.66. The van der Waals surface area contributed by atoms with Gasteiger partial charge in [0.1, 0.15) is 11.6 Å². The molecule has 188 valence electrons. The second-order valence-corrected chi connectivity index (χ2v) is 9.65. The molecule has 1 saturated heterocycles. The van der Waals surface area contributed by atoms with Crippen LogP contribution >= 0.6 is 0 Å². The van der Waals surface area contributed by atoms with E-state index in [1.54, 1.807) is 6.20 Å². The summed E-state index contributed by atoms with van der Waals surface area (Å²) in [6.07, 6.45) is 3.66. The van der Waals surface area contributed by atoms with Crippen molar-refractivity contribution < 1.29 is 4.52 Å². The van der Waals surface area contributed by atoms with Crippen molar-refractivity contribution in [1.29, 1.82) is 0 Å². The van der Waals surface area contributed by atoms with Crippen molar-refractivity contribution in [2.45, 2.75) is 20.4 Å². The highest BCUT2D eigenvalue weighted by Gasteiger charge is 2.21. The molecule has 1 aliphatic heterocycles. The molecule has 1 aliphatic rings. The van der Waals surface area contributed by atoms with E-state index in [0.29, 0.717) is 6.54 Å². The molecule has 0 aliphatic carbocycles. The summed E-state index contributed by atoms with van der Waals surface area (Å²) in [5.74, 6) is 2.40. The molecule has 1 N–H and O–H groups in total. The fourth-order valence-corrected chi connectivity index (χ4v) is 4.64. The van der Waals surface area contributed by atoms with Gasteiger partial charge in [0.2, 0.25) is 5.95 Å². The average molecular weight is 487 g/mol. The molecule has 0 saturated carbocycles. The van der Waals surface area contributed by atoms with Crippen molar-refractivity contribution in [2.75, 3.05) is 63.6 Å². The van der Waals surface area contributed by atoms with Gasteiger partial charge in [-0.25, -0.2) is 4.98 Å². The molecule has 0 atom stereocenters. The van der Waals surface area contributed by atoms with Crippen LogP contribution in [0.15, 0.2) is 47.2 Å². The van der Waals surface area contributed by atoms with Gasteiger partial charge >= 0.3 is 0 Å². The summed E-state index contributed by atoms with van der Waals surface area (Å²) < 4.78 is 5.42. The van der Waals surface area contributed by atoms with Crippen LogP contribution in [-0.4, -0.2) is 83.3 Å². The lowest BCUT2D eigenvalue weighted by atomic mass is 10.0. The highest BCUT2D eigenvalue weighted by atomic mass is 16.5. The normalized spacial score (nSPS) is 14.6. The number of benzene rings is 1. The van der Waals surface area contributed by atoms with Gasteiger partial charge < -0.3 is 19.6 Å².